The second-order valence-corrected chi connectivity index (χ2v) is 6.91. The van der Waals surface area contributed by atoms with E-state index in [9.17, 15) is 9.59 Å². The summed E-state index contributed by atoms with van der Waals surface area (Å²) in [6.07, 6.45) is 8.06. The Morgan fingerprint density at radius 1 is 0.793 bits per heavy atom. The van der Waals surface area contributed by atoms with Gasteiger partial charge in [0, 0.05) is 0 Å². The molecular formula is C26H20O3. The van der Waals surface area contributed by atoms with Crippen molar-refractivity contribution < 1.29 is 14.3 Å². The van der Waals surface area contributed by atoms with Crippen LogP contribution in [-0.2, 0) is 10.2 Å². The number of Topliss-reactive ketones (excluding diaryl/α,β-unsaturated/α-hetero) is 1. The van der Waals surface area contributed by atoms with Crippen LogP contribution < -0.4 is 4.74 Å². The molecule has 0 heterocycles. The van der Waals surface area contributed by atoms with Crippen LogP contribution >= 0.6 is 0 Å². The topological polar surface area (TPSA) is 43.4 Å². The molecule has 0 N–H and O–H groups in total. The van der Waals surface area contributed by atoms with Crippen molar-refractivity contribution in [3.05, 3.63) is 120 Å². The smallest absolute Gasteiger partial charge is 0.184 e. The molecule has 0 aromatic heterocycles. The van der Waals surface area contributed by atoms with E-state index >= 15 is 0 Å². The lowest BCUT2D eigenvalue weighted by atomic mass is 9.71. The lowest BCUT2D eigenvalue weighted by molar-refractivity contribution is -0.108. The Hall–Kier alpha value is -3.72. The van der Waals surface area contributed by atoms with Crippen molar-refractivity contribution in [2.24, 2.45) is 5.92 Å². The molecule has 0 radical (unpaired) electrons. The predicted octanol–water partition coefficient (Wildman–Crippen LogP) is 5.54. The highest BCUT2D eigenvalue weighted by Crippen LogP contribution is 2.38. The highest BCUT2D eigenvalue weighted by Gasteiger charge is 2.38. The molecule has 0 aliphatic heterocycles. The molecule has 29 heavy (non-hydrogen) atoms. The summed E-state index contributed by atoms with van der Waals surface area (Å²) >= 11 is 0. The number of rotatable bonds is 6. The van der Waals surface area contributed by atoms with Gasteiger partial charge in [0.1, 0.15) is 17.8 Å². The molecule has 3 aromatic rings. The summed E-state index contributed by atoms with van der Waals surface area (Å²) in [5.74, 6) is 0.734. The Labute approximate surface area is 170 Å². The van der Waals surface area contributed by atoms with Crippen molar-refractivity contribution in [1.82, 2.24) is 0 Å². The molecule has 0 spiro atoms. The van der Waals surface area contributed by atoms with Gasteiger partial charge in [0.05, 0.1) is 16.9 Å². The molecule has 3 aromatic carbocycles. The number of ketones is 1. The van der Waals surface area contributed by atoms with Gasteiger partial charge in [0.15, 0.2) is 5.78 Å². The maximum Gasteiger partial charge on any atom is 0.184 e. The van der Waals surface area contributed by atoms with Crippen molar-refractivity contribution in [3.63, 3.8) is 0 Å². The van der Waals surface area contributed by atoms with Crippen LogP contribution in [0.4, 0.5) is 0 Å². The molecule has 0 fully saturated rings. The van der Waals surface area contributed by atoms with Crippen LogP contribution in [0.25, 0.3) is 0 Å². The maximum atomic E-state index is 13.9. The van der Waals surface area contributed by atoms with Crippen molar-refractivity contribution in [3.8, 4) is 11.5 Å². The summed E-state index contributed by atoms with van der Waals surface area (Å²) in [6, 6.07) is 26.2. The second kappa shape index (κ2) is 8.11. The number of hydrogen-bond donors (Lipinski definition) is 0. The van der Waals surface area contributed by atoms with Gasteiger partial charge < -0.3 is 9.53 Å². The number of ether oxygens (including phenoxy) is 1. The fraction of sp³-hybridized carbons (Fsp3) is 0.0769. The standard InChI is InChI=1S/C26H20O3/c27-19-20-15-17-26(18-16-20,21-9-3-1-4-10-21)25(28)23-13-7-8-14-24(23)29-22-11-5-2-6-12-22/h1-20H. The van der Waals surface area contributed by atoms with E-state index in [1.807, 2.05) is 84.9 Å². The lowest BCUT2D eigenvalue weighted by Crippen LogP contribution is -2.34. The molecule has 3 heteroatoms. The van der Waals surface area contributed by atoms with Gasteiger partial charge in [0.25, 0.3) is 0 Å². The van der Waals surface area contributed by atoms with Crippen LogP contribution in [0.3, 0.4) is 0 Å². The molecule has 3 nitrogen and oxygen atoms in total. The lowest BCUT2D eigenvalue weighted by Gasteiger charge is -2.30. The first-order chi connectivity index (χ1) is 14.2. The first-order valence-electron chi connectivity index (χ1n) is 9.49. The van der Waals surface area contributed by atoms with Crippen molar-refractivity contribution in [2.75, 3.05) is 0 Å². The van der Waals surface area contributed by atoms with Crippen molar-refractivity contribution in [2.45, 2.75) is 5.41 Å². The maximum absolute atomic E-state index is 13.9. The van der Waals surface area contributed by atoms with E-state index in [1.54, 1.807) is 24.3 Å². The van der Waals surface area contributed by atoms with Crippen LogP contribution in [-0.4, -0.2) is 12.1 Å². The second-order valence-electron chi connectivity index (χ2n) is 6.91. The summed E-state index contributed by atoms with van der Waals surface area (Å²) in [5, 5.41) is 0. The van der Waals surface area contributed by atoms with Gasteiger partial charge in [-0.15, -0.1) is 0 Å². The molecule has 142 valence electrons. The summed E-state index contributed by atoms with van der Waals surface area (Å²) in [4.78, 5) is 25.1. The van der Waals surface area contributed by atoms with Gasteiger partial charge in [-0.1, -0.05) is 85.0 Å². The quantitative estimate of drug-likeness (QED) is 0.320. The number of aldehydes is 1. The molecule has 0 saturated carbocycles. The fourth-order valence-corrected chi connectivity index (χ4v) is 3.51. The monoisotopic (exact) mass is 380 g/mol. The third-order valence-corrected chi connectivity index (χ3v) is 5.05. The summed E-state index contributed by atoms with van der Waals surface area (Å²) in [6.45, 7) is 0. The SMILES string of the molecule is O=CC1C=CC(C(=O)c2ccccc2Oc2ccccc2)(c2ccccc2)C=C1. The molecule has 1 aliphatic rings. The average Bonchev–Trinajstić information content (AvgIpc) is 2.80. The molecule has 4 rings (SSSR count). The van der Waals surface area contributed by atoms with Crippen LogP contribution in [0.1, 0.15) is 15.9 Å². The Bertz CT molecular complexity index is 1050. The zero-order valence-electron chi connectivity index (χ0n) is 15.8. The van der Waals surface area contributed by atoms with Gasteiger partial charge in [-0.2, -0.15) is 0 Å². The number of hydrogen-bond acceptors (Lipinski definition) is 3. The first-order valence-corrected chi connectivity index (χ1v) is 9.49. The third-order valence-electron chi connectivity index (χ3n) is 5.05. The predicted molar refractivity (Wildman–Crippen MR) is 113 cm³/mol. The zero-order chi connectivity index (χ0) is 20.1. The molecule has 0 unspecified atom stereocenters. The van der Waals surface area contributed by atoms with Gasteiger partial charge in [-0.05, 0) is 29.8 Å². The largest absolute Gasteiger partial charge is 0.457 e. The van der Waals surface area contributed by atoms with Crippen LogP contribution in [0.5, 0.6) is 11.5 Å². The fourth-order valence-electron chi connectivity index (χ4n) is 3.51. The van der Waals surface area contributed by atoms with E-state index in [0.717, 1.165) is 11.8 Å². The minimum Gasteiger partial charge on any atom is -0.457 e. The highest BCUT2D eigenvalue weighted by molar-refractivity contribution is 6.09. The molecule has 0 amide bonds. The Balaban J connectivity index is 1.79. The van der Waals surface area contributed by atoms with E-state index in [4.69, 9.17) is 4.74 Å². The molecule has 1 aliphatic carbocycles. The van der Waals surface area contributed by atoms with Crippen molar-refractivity contribution >= 4 is 12.1 Å². The van der Waals surface area contributed by atoms with Crippen LogP contribution in [0.15, 0.2) is 109 Å². The normalized spacial score (nSPS) is 20.2. The van der Waals surface area contributed by atoms with E-state index in [2.05, 4.69) is 0 Å². The van der Waals surface area contributed by atoms with Gasteiger partial charge in [0.2, 0.25) is 0 Å². The van der Waals surface area contributed by atoms with E-state index in [1.165, 1.54) is 0 Å². The first kappa shape index (κ1) is 18.6. The summed E-state index contributed by atoms with van der Waals surface area (Å²) in [7, 11) is 0. The number of allylic oxidation sites excluding steroid dienone is 4. The summed E-state index contributed by atoms with van der Waals surface area (Å²) < 4.78 is 6.02. The molecule has 0 atom stereocenters. The summed E-state index contributed by atoms with van der Waals surface area (Å²) in [5.41, 5.74) is 0.340. The molecular weight excluding hydrogens is 360 g/mol. The van der Waals surface area contributed by atoms with Crippen LogP contribution in [0.2, 0.25) is 0 Å². The van der Waals surface area contributed by atoms with E-state index < -0.39 is 5.41 Å². The molecule has 0 saturated heterocycles. The number of benzene rings is 3. The van der Waals surface area contributed by atoms with Crippen LogP contribution in [0, 0.1) is 5.92 Å². The van der Waals surface area contributed by atoms with Crippen molar-refractivity contribution in [1.29, 1.82) is 0 Å². The minimum absolute atomic E-state index is 0.105. The number of para-hydroxylation sites is 2. The Morgan fingerprint density at radius 2 is 1.38 bits per heavy atom. The number of carbonyl (C=O) groups excluding carboxylic acids is 2. The van der Waals surface area contributed by atoms with E-state index in [-0.39, 0.29) is 11.7 Å². The Morgan fingerprint density at radius 3 is 2.03 bits per heavy atom. The number of carbonyl (C=O) groups is 2. The Kier molecular flexibility index (Phi) is 5.21. The highest BCUT2D eigenvalue weighted by atomic mass is 16.5. The van der Waals surface area contributed by atoms with E-state index in [0.29, 0.717) is 17.1 Å². The average molecular weight is 380 g/mol. The third kappa shape index (κ3) is 3.67. The molecule has 0 bridgehead atoms. The minimum atomic E-state index is -0.989. The van der Waals surface area contributed by atoms with Gasteiger partial charge >= 0.3 is 0 Å². The zero-order valence-corrected chi connectivity index (χ0v) is 15.8. The van der Waals surface area contributed by atoms with Gasteiger partial charge in [-0.25, -0.2) is 0 Å². The van der Waals surface area contributed by atoms with Gasteiger partial charge in [-0.3, -0.25) is 4.79 Å².